The van der Waals surface area contributed by atoms with Gasteiger partial charge in [-0.05, 0) is 82.1 Å². The maximum Gasteiger partial charge on any atom is 0.407 e. The Morgan fingerprint density at radius 2 is 1.86 bits per heavy atom. The van der Waals surface area contributed by atoms with Gasteiger partial charge in [0.1, 0.15) is 11.4 Å². The van der Waals surface area contributed by atoms with Crippen molar-refractivity contribution in [2.45, 2.75) is 84.3 Å². The van der Waals surface area contributed by atoms with Crippen LogP contribution >= 0.6 is 0 Å². The van der Waals surface area contributed by atoms with Crippen LogP contribution in [0, 0.1) is 18.4 Å². The lowest BCUT2D eigenvalue weighted by Crippen LogP contribution is -2.42. The molecule has 1 aromatic carbocycles. The second-order valence-corrected chi connectivity index (χ2v) is 11.2. The molecular weight excluding hydrogens is 466 g/mol. The highest BCUT2D eigenvalue weighted by atomic mass is 16.6. The van der Waals surface area contributed by atoms with Gasteiger partial charge >= 0.3 is 6.09 Å². The van der Waals surface area contributed by atoms with Gasteiger partial charge in [0, 0.05) is 38.4 Å². The highest BCUT2D eigenvalue weighted by molar-refractivity contribution is 5.81. The molecule has 1 aromatic rings. The summed E-state index contributed by atoms with van der Waals surface area (Å²) < 4.78 is 11.3. The summed E-state index contributed by atoms with van der Waals surface area (Å²) in [6.45, 7) is 17.5. The summed E-state index contributed by atoms with van der Waals surface area (Å²) in [6, 6.07) is 8.32. The molecule has 2 unspecified atom stereocenters. The van der Waals surface area contributed by atoms with Crippen molar-refractivity contribution >= 4 is 17.6 Å². The minimum absolute atomic E-state index is 0.0617. The van der Waals surface area contributed by atoms with Crippen LogP contribution in [0.15, 0.2) is 30.3 Å². The molecule has 2 aliphatic rings. The zero-order valence-corrected chi connectivity index (χ0v) is 22.9. The van der Waals surface area contributed by atoms with E-state index in [1.807, 2.05) is 37.8 Å². The third kappa shape index (κ3) is 9.10. The van der Waals surface area contributed by atoms with Gasteiger partial charge in [-0.2, -0.15) is 0 Å². The molecule has 1 N–H and O–H groups in total. The van der Waals surface area contributed by atoms with Crippen LogP contribution in [-0.2, 0) is 9.53 Å². The average molecular weight is 510 g/mol. The van der Waals surface area contributed by atoms with Crippen molar-refractivity contribution in [1.82, 2.24) is 10.2 Å². The molecule has 0 saturated carbocycles. The van der Waals surface area contributed by atoms with Crippen LogP contribution in [0.1, 0.15) is 78.2 Å². The number of alkyl carbamates (subject to hydrolysis) is 1. The normalized spacial score (nSPS) is 19.4. The van der Waals surface area contributed by atoms with E-state index in [9.17, 15) is 9.59 Å². The third-order valence-electron chi connectivity index (χ3n) is 7.23. The molecule has 0 radical (unpaired) electrons. The van der Waals surface area contributed by atoms with Crippen LogP contribution in [0.2, 0.25) is 0 Å². The molecule has 2 amide bonds. The SMILES string of the molecule is [C-]#[N+]C1CCN(C(=O)C2CC=C(c3ccc(OCC(CC)CCNC(=O)OC(C)(C)C)cc3)CC2)CC1. The molecule has 0 spiro atoms. The molecule has 1 heterocycles. The summed E-state index contributed by atoms with van der Waals surface area (Å²) in [5.74, 6) is 1.51. The zero-order chi connectivity index (χ0) is 26.8. The predicted octanol–water partition coefficient (Wildman–Crippen LogP) is 6.10. The number of piperidine rings is 1. The van der Waals surface area contributed by atoms with Crippen molar-refractivity contribution in [2.24, 2.45) is 11.8 Å². The van der Waals surface area contributed by atoms with Crippen LogP contribution < -0.4 is 10.1 Å². The summed E-state index contributed by atoms with van der Waals surface area (Å²) in [5.41, 5.74) is 1.99. The number of hydrogen-bond donors (Lipinski definition) is 1. The third-order valence-corrected chi connectivity index (χ3v) is 7.23. The molecule has 1 aliphatic heterocycles. The number of carbonyl (C=O) groups excluding carboxylic acids is 2. The van der Waals surface area contributed by atoms with E-state index < -0.39 is 5.60 Å². The Morgan fingerprint density at radius 1 is 1.16 bits per heavy atom. The number of ether oxygens (including phenoxy) is 2. The number of rotatable bonds is 9. The number of carbonyl (C=O) groups is 2. The Hall–Kier alpha value is -3.01. The van der Waals surface area contributed by atoms with Crippen LogP contribution in [0.4, 0.5) is 4.79 Å². The van der Waals surface area contributed by atoms with E-state index in [2.05, 4.69) is 35.3 Å². The van der Waals surface area contributed by atoms with E-state index in [1.54, 1.807) is 0 Å². The summed E-state index contributed by atoms with van der Waals surface area (Å²) in [4.78, 5) is 30.3. The first-order valence-electron chi connectivity index (χ1n) is 13.7. The average Bonchev–Trinajstić information content (AvgIpc) is 2.89. The molecule has 202 valence electrons. The van der Waals surface area contributed by atoms with E-state index in [1.165, 1.54) is 11.1 Å². The topological polar surface area (TPSA) is 72.2 Å². The fourth-order valence-corrected chi connectivity index (χ4v) is 4.87. The second kappa shape index (κ2) is 13.5. The van der Waals surface area contributed by atoms with Gasteiger partial charge in [-0.1, -0.05) is 25.1 Å². The van der Waals surface area contributed by atoms with Crippen molar-refractivity contribution < 1.29 is 19.1 Å². The van der Waals surface area contributed by atoms with E-state index in [0.29, 0.717) is 19.1 Å². The summed E-state index contributed by atoms with van der Waals surface area (Å²) in [5, 5.41) is 2.82. The van der Waals surface area contributed by atoms with Gasteiger partial charge in [-0.15, -0.1) is 0 Å². The van der Waals surface area contributed by atoms with Gasteiger partial charge in [0.25, 0.3) is 0 Å². The molecule has 1 aliphatic carbocycles. The van der Waals surface area contributed by atoms with E-state index in [-0.39, 0.29) is 24.0 Å². The van der Waals surface area contributed by atoms with Gasteiger partial charge in [0.2, 0.25) is 11.9 Å². The summed E-state index contributed by atoms with van der Waals surface area (Å²) >= 11 is 0. The first-order valence-corrected chi connectivity index (χ1v) is 13.7. The summed E-state index contributed by atoms with van der Waals surface area (Å²) in [6.07, 6.45) is 7.81. The van der Waals surface area contributed by atoms with Crippen LogP contribution in [0.5, 0.6) is 5.75 Å². The van der Waals surface area contributed by atoms with Crippen molar-refractivity contribution in [2.75, 3.05) is 26.2 Å². The standard InChI is InChI=1S/C30H43N3O4/c1-6-22(15-18-32-29(35)37-30(2,3)4)21-36-27-13-11-24(12-14-27)23-7-9-25(10-8-23)28(34)33-19-16-26(31-5)17-20-33/h7,11-14,22,25-26H,6,8-10,15-21H2,1-4H3,(H,32,35). The van der Waals surface area contributed by atoms with Crippen LogP contribution in [0.25, 0.3) is 10.4 Å². The van der Waals surface area contributed by atoms with Gasteiger partial charge in [-0.3, -0.25) is 4.79 Å². The first kappa shape index (κ1) is 28.6. The van der Waals surface area contributed by atoms with Crippen LogP contribution in [-0.4, -0.2) is 54.8 Å². The Bertz CT molecular complexity index is 966. The number of likely N-dealkylation sites (tertiary alicyclic amines) is 1. The maximum absolute atomic E-state index is 12.9. The molecule has 1 fully saturated rings. The highest BCUT2D eigenvalue weighted by Crippen LogP contribution is 2.32. The first-order chi connectivity index (χ1) is 17.7. The second-order valence-electron chi connectivity index (χ2n) is 11.2. The van der Waals surface area contributed by atoms with E-state index in [4.69, 9.17) is 16.0 Å². The van der Waals surface area contributed by atoms with Gasteiger partial charge in [-0.25, -0.2) is 11.4 Å². The van der Waals surface area contributed by atoms with Crippen molar-refractivity contribution in [3.8, 4) is 5.75 Å². The molecule has 37 heavy (non-hydrogen) atoms. The monoisotopic (exact) mass is 509 g/mol. The number of hydrogen-bond acceptors (Lipinski definition) is 4. The minimum atomic E-state index is -0.492. The number of nitrogens with zero attached hydrogens (tertiary/aromatic N) is 2. The lowest BCUT2D eigenvalue weighted by Gasteiger charge is -2.32. The Morgan fingerprint density at radius 3 is 2.43 bits per heavy atom. The van der Waals surface area contributed by atoms with E-state index >= 15 is 0 Å². The van der Waals surface area contributed by atoms with E-state index in [0.717, 1.165) is 63.8 Å². The number of nitrogens with one attached hydrogen (secondary N) is 1. The fraction of sp³-hybridized carbons (Fsp3) is 0.633. The van der Waals surface area contributed by atoms with Gasteiger partial charge in [0.15, 0.2) is 0 Å². The predicted molar refractivity (Wildman–Crippen MR) is 146 cm³/mol. The maximum atomic E-state index is 12.9. The zero-order valence-electron chi connectivity index (χ0n) is 22.9. The quantitative estimate of drug-likeness (QED) is 0.408. The van der Waals surface area contributed by atoms with Crippen molar-refractivity contribution in [1.29, 1.82) is 0 Å². The van der Waals surface area contributed by atoms with Crippen molar-refractivity contribution in [3.05, 3.63) is 47.3 Å². The molecule has 3 rings (SSSR count). The van der Waals surface area contributed by atoms with Gasteiger partial charge < -0.3 is 24.5 Å². The Kier molecular flexibility index (Phi) is 10.4. The molecule has 2 atom stereocenters. The molecule has 1 saturated heterocycles. The molecule has 7 heteroatoms. The molecule has 0 aromatic heterocycles. The minimum Gasteiger partial charge on any atom is -0.493 e. The lowest BCUT2D eigenvalue weighted by atomic mass is 9.85. The molecule has 0 bridgehead atoms. The lowest BCUT2D eigenvalue weighted by molar-refractivity contribution is -0.136. The Balaban J connectivity index is 1.42. The fourth-order valence-electron chi connectivity index (χ4n) is 4.87. The molecular formula is C30H43N3O4. The molecule has 7 nitrogen and oxygen atoms in total. The highest BCUT2D eigenvalue weighted by Gasteiger charge is 2.31. The Labute approximate surface area is 222 Å². The van der Waals surface area contributed by atoms with Gasteiger partial charge in [0.05, 0.1) is 6.61 Å². The van der Waals surface area contributed by atoms with Crippen LogP contribution in [0.3, 0.4) is 0 Å². The number of amides is 2. The summed E-state index contributed by atoms with van der Waals surface area (Å²) in [7, 11) is 0. The number of allylic oxidation sites excluding steroid dienone is 2. The largest absolute Gasteiger partial charge is 0.493 e. The number of benzene rings is 1. The smallest absolute Gasteiger partial charge is 0.407 e. The van der Waals surface area contributed by atoms with Crippen molar-refractivity contribution in [3.63, 3.8) is 0 Å².